The van der Waals surface area contributed by atoms with Crippen LogP contribution in [-0.2, 0) is 0 Å². The van der Waals surface area contributed by atoms with Crippen molar-refractivity contribution in [1.29, 1.82) is 0 Å². The molecule has 1 aromatic heterocycles. The smallest absolute Gasteiger partial charge is 0.329 e. The van der Waals surface area contributed by atoms with Gasteiger partial charge in [0.15, 0.2) is 0 Å². The molecular weight excluding hydrogens is 244 g/mol. The number of nitrogens with zero attached hydrogens (tertiary/aromatic N) is 4. The van der Waals surface area contributed by atoms with Crippen LogP contribution in [0.3, 0.4) is 0 Å². The van der Waals surface area contributed by atoms with E-state index in [1.54, 1.807) is 0 Å². The van der Waals surface area contributed by atoms with Crippen LogP contribution in [-0.4, -0.2) is 28.0 Å². The first-order valence-corrected chi connectivity index (χ1v) is 5.91. The zero-order chi connectivity index (χ0) is 12.4. The van der Waals surface area contributed by atoms with E-state index in [0.717, 1.165) is 6.54 Å². The van der Waals surface area contributed by atoms with Gasteiger partial charge in [0.1, 0.15) is 6.20 Å². The van der Waals surface area contributed by atoms with Crippen molar-refractivity contribution < 1.29 is 4.92 Å². The third-order valence-electron chi connectivity index (χ3n) is 2.77. The highest BCUT2D eigenvalue weighted by molar-refractivity contribution is 6.28. The quantitative estimate of drug-likeness (QED) is 0.459. The third kappa shape index (κ3) is 2.82. The average Bonchev–Trinajstić information content (AvgIpc) is 3.09. The molecule has 6 nitrogen and oxygen atoms in total. The second-order valence-electron chi connectivity index (χ2n) is 4.09. The number of anilines is 1. The van der Waals surface area contributed by atoms with E-state index in [1.165, 1.54) is 19.0 Å². The Morgan fingerprint density at radius 2 is 2.35 bits per heavy atom. The van der Waals surface area contributed by atoms with Gasteiger partial charge in [0.05, 0.1) is 4.92 Å². The fraction of sp³-hybridized carbons (Fsp3) is 0.600. The van der Waals surface area contributed by atoms with Gasteiger partial charge < -0.3 is 4.90 Å². The van der Waals surface area contributed by atoms with Crippen LogP contribution in [0, 0.1) is 16.0 Å². The second kappa shape index (κ2) is 4.83. The summed E-state index contributed by atoms with van der Waals surface area (Å²) in [5, 5.41) is 11.0. The number of aromatic nitrogens is 2. The standard InChI is InChI=1S/C10H13ClN4O2/c1-2-14(6-7-3-4-7)9-8(15(16)17)5-12-10(11)13-9/h5,7H,2-4,6H2,1H3. The Morgan fingerprint density at radius 3 is 2.88 bits per heavy atom. The molecule has 0 N–H and O–H groups in total. The Kier molecular flexibility index (Phi) is 3.42. The van der Waals surface area contributed by atoms with Crippen LogP contribution in [0.4, 0.5) is 11.5 Å². The van der Waals surface area contributed by atoms with Gasteiger partial charge in [-0.25, -0.2) is 4.98 Å². The molecule has 1 heterocycles. The lowest BCUT2D eigenvalue weighted by molar-refractivity contribution is -0.384. The summed E-state index contributed by atoms with van der Waals surface area (Å²) in [7, 11) is 0. The fourth-order valence-corrected chi connectivity index (χ4v) is 1.81. The van der Waals surface area contributed by atoms with Crippen molar-refractivity contribution in [3.8, 4) is 0 Å². The number of halogens is 1. The van der Waals surface area contributed by atoms with Gasteiger partial charge >= 0.3 is 5.69 Å². The van der Waals surface area contributed by atoms with Crippen LogP contribution in [0.1, 0.15) is 19.8 Å². The van der Waals surface area contributed by atoms with Crippen LogP contribution < -0.4 is 4.90 Å². The van der Waals surface area contributed by atoms with Gasteiger partial charge in [-0.1, -0.05) is 0 Å². The van der Waals surface area contributed by atoms with Gasteiger partial charge in [0.2, 0.25) is 11.1 Å². The summed E-state index contributed by atoms with van der Waals surface area (Å²) in [5.41, 5.74) is -0.0862. The molecule has 0 amide bonds. The van der Waals surface area contributed by atoms with E-state index < -0.39 is 4.92 Å². The monoisotopic (exact) mass is 256 g/mol. The lowest BCUT2D eigenvalue weighted by atomic mass is 10.3. The lowest BCUT2D eigenvalue weighted by Gasteiger charge is -2.21. The Bertz CT molecular complexity index is 436. The summed E-state index contributed by atoms with van der Waals surface area (Å²) in [6.45, 7) is 3.41. The molecule has 1 saturated carbocycles. The largest absolute Gasteiger partial charge is 0.351 e. The minimum absolute atomic E-state index is 0.0415. The number of hydrogen-bond acceptors (Lipinski definition) is 5. The van der Waals surface area contributed by atoms with E-state index >= 15 is 0 Å². The average molecular weight is 257 g/mol. The fourth-order valence-electron chi connectivity index (χ4n) is 1.68. The van der Waals surface area contributed by atoms with Crippen molar-refractivity contribution in [2.45, 2.75) is 19.8 Å². The van der Waals surface area contributed by atoms with Crippen molar-refractivity contribution >= 4 is 23.1 Å². The molecule has 7 heteroatoms. The van der Waals surface area contributed by atoms with E-state index in [-0.39, 0.29) is 11.0 Å². The minimum atomic E-state index is -0.471. The molecule has 0 unspecified atom stereocenters. The topological polar surface area (TPSA) is 72.2 Å². The maximum Gasteiger partial charge on any atom is 0.329 e. The molecule has 0 bridgehead atoms. The molecule has 1 aliphatic carbocycles. The highest BCUT2D eigenvalue weighted by Gasteiger charge is 2.28. The molecule has 1 aliphatic rings. The number of nitro groups is 1. The predicted molar refractivity (Wildman–Crippen MR) is 64.3 cm³/mol. The highest BCUT2D eigenvalue weighted by atomic mass is 35.5. The summed E-state index contributed by atoms with van der Waals surface area (Å²) >= 11 is 5.70. The Hall–Kier alpha value is -1.43. The number of rotatable bonds is 5. The molecule has 1 fully saturated rings. The van der Waals surface area contributed by atoms with E-state index in [2.05, 4.69) is 9.97 Å². The van der Waals surface area contributed by atoms with E-state index in [9.17, 15) is 10.1 Å². The molecule has 0 spiro atoms. The zero-order valence-electron chi connectivity index (χ0n) is 9.47. The molecule has 0 aliphatic heterocycles. The highest BCUT2D eigenvalue weighted by Crippen LogP contribution is 2.33. The maximum absolute atomic E-state index is 10.9. The van der Waals surface area contributed by atoms with E-state index in [1.807, 2.05) is 11.8 Å². The van der Waals surface area contributed by atoms with Gasteiger partial charge in [-0.3, -0.25) is 10.1 Å². The molecule has 92 valence electrons. The van der Waals surface area contributed by atoms with Gasteiger partial charge in [-0.2, -0.15) is 4.98 Å². The van der Waals surface area contributed by atoms with Crippen molar-refractivity contribution in [3.63, 3.8) is 0 Å². The zero-order valence-corrected chi connectivity index (χ0v) is 10.2. The first-order valence-electron chi connectivity index (χ1n) is 5.53. The first-order chi connectivity index (χ1) is 8.11. The molecular formula is C10H13ClN4O2. The van der Waals surface area contributed by atoms with Crippen LogP contribution in [0.25, 0.3) is 0 Å². The van der Waals surface area contributed by atoms with Gasteiger partial charge in [0, 0.05) is 13.1 Å². The molecule has 17 heavy (non-hydrogen) atoms. The van der Waals surface area contributed by atoms with Crippen LogP contribution in [0.15, 0.2) is 6.20 Å². The third-order valence-corrected chi connectivity index (χ3v) is 2.96. The minimum Gasteiger partial charge on any atom is -0.351 e. The summed E-state index contributed by atoms with van der Waals surface area (Å²) in [6, 6.07) is 0. The SMILES string of the molecule is CCN(CC1CC1)c1nc(Cl)ncc1[N+](=O)[O-]. The molecule has 0 radical (unpaired) electrons. The van der Waals surface area contributed by atoms with Gasteiger partial charge in [-0.15, -0.1) is 0 Å². The van der Waals surface area contributed by atoms with Crippen molar-refractivity contribution in [3.05, 3.63) is 21.6 Å². The molecule has 0 aromatic carbocycles. The van der Waals surface area contributed by atoms with Crippen molar-refractivity contribution in [1.82, 2.24) is 9.97 Å². The Balaban J connectivity index is 2.31. The summed E-state index contributed by atoms with van der Waals surface area (Å²) in [4.78, 5) is 20.0. The van der Waals surface area contributed by atoms with Crippen LogP contribution in [0.2, 0.25) is 5.28 Å². The van der Waals surface area contributed by atoms with Crippen molar-refractivity contribution in [2.75, 3.05) is 18.0 Å². The summed E-state index contributed by atoms with van der Waals surface area (Å²) < 4.78 is 0. The van der Waals surface area contributed by atoms with Gasteiger partial charge in [-0.05, 0) is 37.3 Å². The number of hydrogen-bond donors (Lipinski definition) is 0. The van der Waals surface area contributed by atoms with E-state index in [4.69, 9.17) is 11.6 Å². The predicted octanol–water partition coefficient (Wildman–Crippen LogP) is 2.27. The summed E-state index contributed by atoms with van der Waals surface area (Å²) in [6.07, 6.45) is 3.53. The van der Waals surface area contributed by atoms with E-state index in [0.29, 0.717) is 18.3 Å². The summed E-state index contributed by atoms with van der Waals surface area (Å²) in [5.74, 6) is 0.952. The Labute approximate surface area is 104 Å². The lowest BCUT2D eigenvalue weighted by Crippen LogP contribution is -2.27. The normalized spacial score (nSPS) is 14.7. The second-order valence-corrected chi connectivity index (χ2v) is 4.43. The maximum atomic E-state index is 10.9. The van der Waals surface area contributed by atoms with Crippen molar-refractivity contribution in [2.24, 2.45) is 5.92 Å². The van der Waals surface area contributed by atoms with Crippen LogP contribution >= 0.6 is 11.6 Å². The Morgan fingerprint density at radius 1 is 1.65 bits per heavy atom. The molecule has 0 atom stereocenters. The van der Waals surface area contributed by atoms with Gasteiger partial charge in [0.25, 0.3) is 0 Å². The molecule has 2 rings (SSSR count). The molecule has 1 aromatic rings. The van der Waals surface area contributed by atoms with Crippen LogP contribution in [0.5, 0.6) is 0 Å². The first kappa shape index (κ1) is 12.0. The molecule has 0 saturated heterocycles.